The smallest absolute Gasteiger partial charge is 0.336 e. The zero-order valence-electron chi connectivity index (χ0n) is 10.4. The van der Waals surface area contributed by atoms with Gasteiger partial charge in [0.2, 0.25) is 10.0 Å². The Bertz CT molecular complexity index is 617. The summed E-state index contributed by atoms with van der Waals surface area (Å²) in [5.41, 5.74) is -1.69. The number of sulfonamides is 1. The third-order valence-corrected chi connectivity index (χ3v) is 4.71. The van der Waals surface area contributed by atoms with Crippen LogP contribution in [-0.2, 0) is 20.6 Å². The van der Waals surface area contributed by atoms with Gasteiger partial charge in [-0.3, -0.25) is 0 Å². The molecule has 1 unspecified atom stereocenters. The number of benzene rings is 1. The summed E-state index contributed by atoms with van der Waals surface area (Å²) in [5.74, 6) is -1.87. The number of aliphatic carboxylic acids is 1. The molecule has 0 radical (unpaired) electrons. The maximum atomic E-state index is 11.8. The molecule has 1 rings (SSSR count). The predicted molar refractivity (Wildman–Crippen MR) is 78.0 cm³/mol. The van der Waals surface area contributed by atoms with Gasteiger partial charge in [-0.2, -0.15) is 0 Å². The Labute approximate surface area is 129 Å². The largest absolute Gasteiger partial charge is 0.479 e. The minimum Gasteiger partial charge on any atom is -0.479 e. The van der Waals surface area contributed by atoms with E-state index in [1.165, 1.54) is 0 Å². The van der Waals surface area contributed by atoms with Gasteiger partial charge in [-0.1, -0.05) is 33.6 Å². The molecular formula is C11H13BrClNO5S. The van der Waals surface area contributed by atoms with E-state index in [2.05, 4.69) is 20.7 Å². The SMILES string of the molecule is CC(O)(CNS(=O)(=O)Cc1ccc(Cl)cc1Br)C(=O)O. The van der Waals surface area contributed by atoms with Crippen molar-refractivity contribution >= 4 is 43.5 Å². The summed E-state index contributed by atoms with van der Waals surface area (Å²) in [7, 11) is -3.78. The molecule has 0 bridgehead atoms. The summed E-state index contributed by atoms with van der Waals surface area (Å²) in [6.45, 7) is 0.395. The van der Waals surface area contributed by atoms with E-state index in [-0.39, 0.29) is 5.75 Å². The Balaban J connectivity index is 2.78. The van der Waals surface area contributed by atoms with E-state index >= 15 is 0 Å². The molecule has 0 saturated heterocycles. The molecule has 0 amide bonds. The lowest BCUT2D eigenvalue weighted by molar-refractivity contribution is -0.155. The molecule has 0 fully saturated rings. The van der Waals surface area contributed by atoms with Crippen molar-refractivity contribution in [1.29, 1.82) is 0 Å². The van der Waals surface area contributed by atoms with Crippen LogP contribution in [0.3, 0.4) is 0 Å². The van der Waals surface area contributed by atoms with Crippen LogP contribution in [0.1, 0.15) is 12.5 Å². The van der Waals surface area contributed by atoms with E-state index in [9.17, 15) is 18.3 Å². The molecule has 9 heteroatoms. The molecule has 112 valence electrons. The van der Waals surface area contributed by atoms with Crippen molar-refractivity contribution in [2.45, 2.75) is 18.3 Å². The number of hydrogen-bond donors (Lipinski definition) is 3. The molecule has 3 N–H and O–H groups in total. The number of rotatable bonds is 6. The molecule has 0 aliphatic heterocycles. The van der Waals surface area contributed by atoms with Crippen molar-refractivity contribution < 1.29 is 23.4 Å². The highest BCUT2D eigenvalue weighted by Gasteiger charge is 2.31. The zero-order chi connectivity index (χ0) is 15.6. The maximum absolute atomic E-state index is 11.8. The van der Waals surface area contributed by atoms with Crippen LogP contribution in [0.25, 0.3) is 0 Å². The van der Waals surface area contributed by atoms with E-state index in [1.54, 1.807) is 18.2 Å². The van der Waals surface area contributed by atoms with Crippen molar-refractivity contribution in [3.8, 4) is 0 Å². The number of nitrogens with one attached hydrogen (secondary N) is 1. The second-order valence-electron chi connectivity index (χ2n) is 4.39. The summed E-state index contributed by atoms with van der Waals surface area (Å²) in [6, 6.07) is 4.64. The number of aliphatic hydroxyl groups is 1. The highest BCUT2D eigenvalue weighted by Crippen LogP contribution is 2.23. The molecular weight excluding hydrogens is 374 g/mol. The fourth-order valence-electron chi connectivity index (χ4n) is 1.22. The second-order valence-corrected chi connectivity index (χ2v) is 7.49. The highest BCUT2D eigenvalue weighted by atomic mass is 79.9. The number of halogens is 2. The average molecular weight is 387 g/mol. The molecule has 0 saturated carbocycles. The number of carboxylic acids is 1. The van der Waals surface area contributed by atoms with Crippen LogP contribution in [0.2, 0.25) is 5.02 Å². The number of carboxylic acid groups (broad SMARTS) is 1. The Morgan fingerprint density at radius 1 is 1.50 bits per heavy atom. The Morgan fingerprint density at radius 2 is 2.10 bits per heavy atom. The van der Waals surface area contributed by atoms with Gasteiger partial charge in [0.25, 0.3) is 0 Å². The van der Waals surface area contributed by atoms with Crippen molar-refractivity contribution in [2.24, 2.45) is 0 Å². The molecule has 6 nitrogen and oxygen atoms in total. The van der Waals surface area contributed by atoms with Crippen LogP contribution >= 0.6 is 27.5 Å². The summed E-state index contributed by atoms with van der Waals surface area (Å²) >= 11 is 8.94. The monoisotopic (exact) mass is 385 g/mol. The van der Waals surface area contributed by atoms with Crippen LogP contribution in [0.15, 0.2) is 22.7 Å². The fraction of sp³-hybridized carbons (Fsp3) is 0.364. The highest BCUT2D eigenvalue weighted by molar-refractivity contribution is 9.10. The Kier molecular flexibility index (Phi) is 5.56. The topological polar surface area (TPSA) is 104 Å². The molecule has 0 aliphatic rings. The second kappa shape index (κ2) is 6.40. The standard InChI is InChI=1S/C11H13BrClNO5S/c1-11(17,10(15)16)6-14-20(18,19)5-7-2-3-8(13)4-9(7)12/h2-4,14,17H,5-6H2,1H3,(H,15,16). The van der Waals surface area contributed by atoms with Crippen LogP contribution in [0, 0.1) is 0 Å². The summed E-state index contributed by atoms with van der Waals surface area (Å²) in [5, 5.41) is 18.6. The molecule has 0 aliphatic carbocycles. The summed E-state index contributed by atoms with van der Waals surface area (Å²) in [6.07, 6.45) is 0. The van der Waals surface area contributed by atoms with E-state index < -0.39 is 28.1 Å². The first-order valence-electron chi connectivity index (χ1n) is 5.40. The van der Waals surface area contributed by atoms with Gasteiger partial charge in [-0.15, -0.1) is 0 Å². The van der Waals surface area contributed by atoms with Gasteiger partial charge in [0.05, 0.1) is 5.75 Å². The van der Waals surface area contributed by atoms with Gasteiger partial charge >= 0.3 is 5.97 Å². The lowest BCUT2D eigenvalue weighted by Gasteiger charge is -2.18. The zero-order valence-corrected chi connectivity index (χ0v) is 13.6. The molecule has 1 aromatic carbocycles. The minimum absolute atomic E-state index is 0.361. The molecule has 0 heterocycles. The number of carbonyl (C=O) groups is 1. The van der Waals surface area contributed by atoms with Gasteiger partial charge in [0, 0.05) is 16.0 Å². The third kappa shape index (κ3) is 5.02. The fourth-order valence-corrected chi connectivity index (χ4v) is 3.49. The van der Waals surface area contributed by atoms with Crippen LogP contribution in [0.4, 0.5) is 0 Å². The molecule has 1 aromatic rings. The van der Waals surface area contributed by atoms with Crippen molar-refractivity contribution in [3.05, 3.63) is 33.3 Å². The van der Waals surface area contributed by atoms with Gasteiger partial charge in [-0.05, 0) is 24.6 Å². The van der Waals surface area contributed by atoms with E-state index in [0.29, 0.717) is 15.1 Å². The first kappa shape index (κ1) is 17.4. The third-order valence-electron chi connectivity index (χ3n) is 2.46. The maximum Gasteiger partial charge on any atom is 0.336 e. The van der Waals surface area contributed by atoms with Crippen molar-refractivity contribution in [1.82, 2.24) is 4.72 Å². The van der Waals surface area contributed by atoms with E-state index in [1.807, 2.05) is 0 Å². The molecule has 1 atom stereocenters. The van der Waals surface area contributed by atoms with Crippen molar-refractivity contribution in [3.63, 3.8) is 0 Å². The molecule has 0 spiro atoms. The average Bonchev–Trinajstić information content (AvgIpc) is 2.30. The normalized spacial score (nSPS) is 14.8. The summed E-state index contributed by atoms with van der Waals surface area (Å²) < 4.78 is 26.3. The van der Waals surface area contributed by atoms with E-state index in [0.717, 1.165) is 6.92 Å². The van der Waals surface area contributed by atoms with Gasteiger partial charge in [0.1, 0.15) is 0 Å². The van der Waals surface area contributed by atoms with E-state index in [4.69, 9.17) is 16.7 Å². The predicted octanol–water partition coefficient (Wildman–Crippen LogP) is 1.36. The Hall–Kier alpha value is -0.670. The van der Waals surface area contributed by atoms with Gasteiger partial charge in [-0.25, -0.2) is 17.9 Å². The van der Waals surface area contributed by atoms with Crippen LogP contribution < -0.4 is 4.72 Å². The van der Waals surface area contributed by atoms with Gasteiger partial charge in [0.15, 0.2) is 5.60 Å². The lowest BCUT2D eigenvalue weighted by atomic mass is 10.1. The minimum atomic E-state index is -3.78. The summed E-state index contributed by atoms with van der Waals surface area (Å²) in [4.78, 5) is 10.7. The first-order valence-corrected chi connectivity index (χ1v) is 8.23. The molecule has 0 aromatic heterocycles. The van der Waals surface area contributed by atoms with Crippen molar-refractivity contribution in [2.75, 3.05) is 6.54 Å². The Morgan fingerprint density at radius 3 is 2.60 bits per heavy atom. The van der Waals surface area contributed by atoms with Gasteiger partial charge < -0.3 is 10.2 Å². The number of hydrogen-bond acceptors (Lipinski definition) is 4. The van der Waals surface area contributed by atoms with Crippen LogP contribution in [0.5, 0.6) is 0 Å². The van der Waals surface area contributed by atoms with Crippen LogP contribution in [-0.4, -0.2) is 36.7 Å². The lowest BCUT2D eigenvalue weighted by Crippen LogP contribution is -2.46. The first-order chi connectivity index (χ1) is 9.03. The molecule has 20 heavy (non-hydrogen) atoms. The quantitative estimate of drug-likeness (QED) is 0.685.